The Kier molecular flexibility index (Phi) is 13.2. The third kappa shape index (κ3) is 9.39. The summed E-state index contributed by atoms with van der Waals surface area (Å²) in [5, 5.41) is 11.5. The molecule has 0 unspecified atom stereocenters. The number of hydrogen-bond donors (Lipinski definition) is 4. The van der Waals surface area contributed by atoms with Crippen LogP contribution >= 0.6 is 0 Å². The molecule has 18 heteroatoms. The van der Waals surface area contributed by atoms with Crippen LogP contribution in [0, 0.1) is 23.3 Å². The summed E-state index contributed by atoms with van der Waals surface area (Å²) in [5.74, 6) is -2.84. The van der Waals surface area contributed by atoms with Gasteiger partial charge >= 0.3 is 0 Å². The summed E-state index contributed by atoms with van der Waals surface area (Å²) in [6.45, 7) is 6.51. The van der Waals surface area contributed by atoms with Crippen LogP contribution in [0.15, 0.2) is 91.3 Å². The molecule has 0 saturated carbocycles. The molecule has 4 aliphatic heterocycles. The van der Waals surface area contributed by atoms with Crippen LogP contribution in [-0.2, 0) is 27.4 Å². The summed E-state index contributed by atoms with van der Waals surface area (Å²) >= 11 is 0. The number of pyridine rings is 4. The van der Waals surface area contributed by atoms with E-state index in [2.05, 4.69) is 41.2 Å². The molecule has 10 rings (SSSR count). The van der Waals surface area contributed by atoms with Crippen LogP contribution in [0.3, 0.4) is 0 Å². The first-order chi connectivity index (χ1) is 31.6. The number of hydrogen-bond acceptors (Lipinski definition) is 11. The zero-order valence-corrected chi connectivity index (χ0v) is 35.1. The summed E-state index contributed by atoms with van der Waals surface area (Å²) in [6.07, 6.45) is 6.13. The fourth-order valence-corrected chi connectivity index (χ4v) is 7.54. The molecule has 1 fully saturated rings. The van der Waals surface area contributed by atoms with E-state index in [4.69, 9.17) is 9.47 Å². The lowest BCUT2D eigenvalue weighted by molar-refractivity contribution is -0.125. The van der Waals surface area contributed by atoms with Crippen molar-refractivity contribution in [2.45, 2.75) is 33.4 Å². The lowest BCUT2D eigenvalue weighted by Crippen LogP contribution is -2.41. The maximum atomic E-state index is 14.3. The quantitative estimate of drug-likeness (QED) is 0.109. The lowest BCUT2D eigenvalue weighted by atomic mass is 10.0. The monoisotopic (exact) mass is 887 g/mol. The van der Waals surface area contributed by atoms with Crippen molar-refractivity contribution in [2.75, 3.05) is 48.5 Å². The van der Waals surface area contributed by atoms with Crippen LogP contribution in [0.1, 0.15) is 57.9 Å². The Morgan fingerprint density at radius 1 is 0.646 bits per heavy atom. The van der Waals surface area contributed by atoms with E-state index in [0.29, 0.717) is 77.6 Å². The Labute approximate surface area is 370 Å². The van der Waals surface area contributed by atoms with Crippen molar-refractivity contribution in [3.8, 4) is 22.5 Å². The number of amides is 3. The molecular weight excluding hydrogens is 847 g/mol. The van der Waals surface area contributed by atoms with E-state index >= 15 is 0 Å². The van der Waals surface area contributed by atoms with E-state index < -0.39 is 23.3 Å². The number of halogens is 4. The van der Waals surface area contributed by atoms with Gasteiger partial charge < -0.3 is 35.6 Å². The van der Waals surface area contributed by atoms with Gasteiger partial charge in [0, 0.05) is 12.7 Å². The molecule has 0 atom stereocenters. The number of rotatable bonds is 8. The second-order valence-electron chi connectivity index (χ2n) is 14.5. The van der Waals surface area contributed by atoms with Crippen LogP contribution in [0.25, 0.3) is 28.1 Å². The molecule has 4 aliphatic rings. The molecule has 0 radical (unpaired) electrons. The molecule has 332 valence electrons. The van der Waals surface area contributed by atoms with Gasteiger partial charge in [0.2, 0.25) is 0 Å². The maximum Gasteiger partial charge on any atom is 0.255 e. The van der Waals surface area contributed by atoms with Crippen molar-refractivity contribution in [3.05, 3.63) is 143 Å². The molecule has 4 aromatic heterocycles. The summed E-state index contributed by atoms with van der Waals surface area (Å²) in [7, 11) is 0. The molecule has 0 bridgehead atoms. The Morgan fingerprint density at radius 3 is 1.65 bits per heavy atom. The SMILES string of the molecule is CC.O=C1NCc2nc(-c3c(F)cccc3F)cc(Nc3ccc(C4=CCOCC4)cn3)c21.O=C1NCc2nc(-c3c(F)cccc3F)cc(Nc3ccc(N4CCOCC4=O)cn3)c21. The van der Waals surface area contributed by atoms with E-state index in [-0.39, 0.29) is 59.9 Å². The van der Waals surface area contributed by atoms with Crippen molar-refractivity contribution in [2.24, 2.45) is 0 Å². The van der Waals surface area contributed by atoms with Crippen LogP contribution in [-0.4, -0.2) is 70.6 Å². The standard InChI is InChI=1S/C23H18F2N4O2.C22H17F2N5O3.C2H6/c24-15-2-1-3-16(25)21(15)17-10-18(22-19(28-17)12-27-23(22)30)29-20-5-4-14(11-26-20)13-6-8-31-9-7-13;23-13-2-1-3-14(24)20(13)15-8-16(21-17(27-15)10-26-22(21)31)28-18-5-4-12(9-25-18)29-6-7-32-11-19(29)30;1-2/h1-6,10-11H,7-9,12H2,(H,27,30)(H,26,28,29);1-5,8-9H,6-7,10-11H2,(H,26,31)(H,25,27,28);1-2H3. The summed E-state index contributed by atoms with van der Waals surface area (Å²) in [5.41, 5.74) is 4.63. The largest absolute Gasteiger partial charge is 0.377 e. The minimum absolute atomic E-state index is 0.0215. The highest BCUT2D eigenvalue weighted by Gasteiger charge is 2.29. The number of ether oxygens (including phenoxy) is 2. The zero-order chi connectivity index (χ0) is 45.6. The smallest absolute Gasteiger partial charge is 0.255 e. The van der Waals surface area contributed by atoms with Gasteiger partial charge in [-0.1, -0.05) is 32.1 Å². The topological polar surface area (TPSA) is 173 Å². The summed E-state index contributed by atoms with van der Waals surface area (Å²) in [6, 6.07) is 17.2. The molecule has 1 saturated heterocycles. The van der Waals surface area contributed by atoms with Gasteiger partial charge in [-0.3, -0.25) is 14.4 Å². The number of fused-ring (bicyclic) bond motifs is 2. The highest BCUT2D eigenvalue weighted by molar-refractivity contribution is 6.05. The molecule has 14 nitrogen and oxygen atoms in total. The van der Waals surface area contributed by atoms with E-state index in [0.717, 1.165) is 24.1 Å². The van der Waals surface area contributed by atoms with Gasteiger partial charge in [-0.25, -0.2) is 37.5 Å². The Balaban J connectivity index is 0.000000171. The number of morpholine rings is 1. The number of benzene rings is 2. The van der Waals surface area contributed by atoms with Crippen LogP contribution < -0.4 is 26.2 Å². The van der Waals surface area contributed by atoms with E-state index in [1.165, 1.54) is 48.2 Å². The average Bonchev–Trinajstić information content (AvgIpc) is 3.89. The second kappa shape index (κ2) is 19.4. The van der Waals surface area contributed by atoms with Gasteiger partial charge in [-0.2, -0.15) is 0 Å². The lowest BCUT2D eigenvalue weighted by Gasteiger charge is -2.26. The first kappa shape index (κ1) is 44.1. The minimum atomic E-state index is -0.752. The molecule has 2 aromatic carbocycles. The Bertz CT molecular complexity index is 2790. The van der Waals surface area contributed by atoms with Crippen LogP contribution in [0.4, 0.5) is 46.3 Å². The first-order valence-corrected chi connectivity index (χ1v) is 20.8. The Hall–Kier alpha value is -7.57. The van der Waals surface area contributed by atoms with E-state index in [9.17, 15) is 31.9 Å². The molecule has 3 amide bonds. The number of carbonyl (C=O) groups excluding carboxylic acids is 3. The number of nitrogens with zero attached hydrogens (tertiary/aromatic N) is 5. The maximum absolute atomic E-state index is 14.3. The fourth-order valence-electron chi connectivity index (χ4n) is 7.54. The van der Waals surface area contributed by atoms with Crippen molar-refractivity contribution in [3.63, 3.8) is 0 Å². The highest BCUT2D eigenvalue weighted by Crippen LogP contribution is 2.35. The number of nitrogens with one attached hydrogen (secondary N) is 4. The average molecular weight is 888 g/mol. The fraction of sp³-hybridized carbons (Fsp3) is 0.213. The molecule has 4 N–H and O–H groups in total. The highest BCUT2D eigenvalue weighted by atomic mass is 19.1. The number of anilines is 5. The Morgan fingerprint density at radius 2 is 1.18 bits per heavy atom. The van der Waals surface area contributed by atoms with Crippen molar-refractivity contribution in [1.29, 1.82) is 0 Å². The summed E-state index contributed by atoms with van der Waals surface area (Å²) in [4.78, 5) is 55.7. The zero-order valence-electron chi connectivity index (χ0n) is 35.1. The molecule has 0 spiro atoms. The van der Waals surface area contributed by atoms with Crippen molar-refractivity contribution < 1.29 is 41.4 Å². The minimum Gasteiger partial charge on any atom is -0.377 e. The van der Waals surface area contributed by atoms with Gasteiger partial charge in [-0.15, -0.1) is 0 Å². The third-order valence-electron chi connectivity index (χ3n) is 10.6. The molecule has 8 heterocycles. The van der Waals surface area contributed by atoms with Gasteiger partial charge in [0.1, 0.15) is 41.5 Å². The molecular formula is C47H41F4N9O5. The summed E-state index contributed by atoms with van der Waals surface area (Å²) < 4.78 is 67.8. The molecule has 0 aliphatic carbocycles. The second-order valence-corrected chi connectivity index (χ2v) is 14.5. The van der Waals surface area contributed by atoms with Gasteiger partial charge in [0.25, 0.3) is 17.7 Å². The number of aromatic nitrogens is 4. The van der Waals surface area contributed by atoms with Gasteiger partial charge in [-0.05, 0) is 78.2 Å². The van der Waals surface area contributed by atoms with E-state index in [1.54, 1.807) is 29.3 Å². The van der Waals surface area contributed by atoms with Crippen molar-refractivity contribution >= 4 is 52.0 Å². The molecule has 65 heavy (non-hydrogen) atoms. The van der Waals surface area contributed by atoms with Gasteiger partial charge in [0.15, 0.2) is 0 Å². The normalized spacial score (nSPS) is 15.0. The predicted octanol–water partition coefficient (Wildman–Crippen LogP) is 8.01. The predicted molar refractivity (Wildman–Crippen MR) is 234 cm³/mol. The third-order valence-corrected chi connectivity index (χ3v) is 10.6. The van der Waals surface area contributed by atoms with Crippen molar-refractivity contribution in [1.82, 2.24) is 30.6 Å². The van der Waals surface area contributed by atoms with Gasteiger partial charge in [0.05, 0.1) is 101 Å². The van der Waals surface area contributed by atoms with Crippen LogP contribution in [0.5, 0.6) is 0 Å². The number of carbonyl (C=O) groups is 3. The van der Waals surface area contributed by atoms with Crippen LogP contribution in [0.2, 0.25) is 0 Å². The first-order valence-electron chi connectivity index (χ1n) is 20.8. The van der Waals surface area contributed by atoms with E-state index in [1.807, 2.05) is 26.0 Å². The molecule has 6 aromatic rings.